The molecule has 5 heteroatoms. The number of unbranched alkanes of at least 4 members (excludes halogenated alkanes) is 1. The highest BCUT2D eigenvalue weighted by molar-refractivity contribution is 5.52. The van der Waals surface area contributed by atoms with Crippen LogP contribution in [0.15, 0.2) is 30.3 Å². The highest BCUT2D eigenvalue weighted by Gasteiger charge is 2.15. The molecule has 2 aromatic rings. The second kappa shape index (κ2) is 7.75. The van der Waals surface area contributed by atoms with Gasteiger partial charge in [0.25, 0.3) is 0 Å². The van der Waals surface area contributed by atoms with E-state index in [9.17, 15) is 0 Å². The molecule has 2 rings (SSSR count). The van der Waals surface area contributed by atoms with Gasteiger partial charge in [0.2, 0.25) is 5.82 Å². The molecule has 0 amide bonds. The van der Waals surface area contributed by atoms with Crippen LogP contribution in [0, 0.1) is 0 Å². The third-order valence-corrected chi connectivity index (χ3v) is 3.06. The van der Waals surface area contributed by atoms with Gasteiger partial charge in [-0.3, -0.25) is 0 Å². The Morgan fingerprint density at radius 3 is 2.65 bits per heavy atom. The molecule has 0 fully saturated rings. The van der Waals surface area contributed by atoms with E-state index in [0.717, 1.165) is 37.9 Å². The number of hydrogen-bond acceptors (Lipinski definition) is 4. The fourth-order valence-electron chi connectivity index (χ4n) is 1.93. The molecule has 1 unspecified atom stereocenters. The number of tetrazole rings is 1. The third kappa shape index (κ3) is 3.87. The normalized spacial score (nSPS) is 12.5. The average molecular weight is 274 g/mol. The van der Waals surface area contributed by atoms with Crippen LogP contribution in [-0.4, -0.2) is 26.8 Å². The smallest absolute Gasteiger partial charge is 0.205 e. The number of ether oxygens (including phenoxy) is 1. The highest BCUT2D eigenvalue weighted by Crippen LogP contribution is 2.17. The summed E-state index contributed by atoms with van der Waals surface area (Å²) in [4.78, 5) is 1.60. The number of benzene rings is 1. The van der Waals surface area contributed by atoms with Crippen molar-refractivity contribution in [3.63, 3.8) is 0 Å². The van der Waals surface area contributed by atoms with Gasteiger partial charge in [-0.2, -0.15) is 0 Å². The van der Waals surface area contributed by atoms with Crippen LogP contribution in [0.4, 0.5) is 0 Å². The van der Waals surface area contributed by atoms with Gasteiger partial charge in [0.1, 0.15) is 0 Å². The zero-order valence-corrected chi connectivity index (χ0v) is 12.2. The Labute approximate surface area is 120 Å². The van der Waals surface area contributed by atoms with Crippen molar-refractivity contribution < 1.29 is 4.74 Å². The third-order valence-electron chi connectivity index (χ3n) is 3.06. The summed E-state index contributed by atoms with van der Waals surface area (Å²) in [5, 5.41) is 12.7. The van der Waals surface area contributed by atoms with Crippen molar-refractivity contribution in [2.75, 3.05) is 6.61 Å². The number of aromatic nitrogens is 4. The molecule has 1 aromatic heterocycles. The van der Waals surface area contributed by atoms with Gasteiger partial charge in [0, 0.05) is 12.2 Å². The summed E-state index contributed by atoms with van der Waals surface area (Å²) >= 11 is 0. The van der Waals surface area contributed by atoms with Crippen molar-refractivity contribution in [2.24, 2.45) is 0 Å². The van der Waals surface area contributed by atoms with E-state index in [1.54, 1.807) is 4.80 Å². The molecule has 0 aliphatic carbocycles. The van der Waals surface area contributed by atoms with E-state index in [1.165, 1.54) is 0 Å². The molecule has 1 aromatic carbocycles. The second-order valence-electron chi connectivity index (χ2n) is 4.77. The Bertz CT molecular complexity index is 498. The summed E-state index contributed by atoms with van der Waals surface area (Å²) in [5.74, 6) is 0.644. The molecular weight excluding hydrogens is 252 g/mol. The van der Waals surface area contributed by atoms with Gasteiger partial charge in [0.15, 0.2) is 6.23 Å². The van der Waals surface area contributed by atoms with E-state index in [0.29, 0.717) is 5.82 Å². The summed E-state index contributed by atoms with van der Waals surface area (Å²) in [6.45, 7) is 5.02. The Kier molecular flexibility index (Phi) is 5.68. The maximum atomic E-state index is 5.86. The molecule has 1 heterocycles. The first-order chi connectivity index (χ1) is 9.85. The molecule has 0 aliphatic heterocycles. The van der Waals surface area contributed by atoms with Crippen molar-refractivity contribution >= 4 is 0 Å². The van der Waals surface area contributed by atoms with Gasteiger partial charge in [0.05, 0.1) is 0 Å². The fraction of sp³-hybridized carbons (Fsp3) is 0.533. The Balaban J connectivity index is 2.08. The van der Waals surface area contributed by atoms with Crippen LogP contribution < -0.4 is 0 Å². The zero-order chi connectivity index (χ0) is 14.2. The van der Waals surface area contributed by atoms with E-state index in [-0.39, 0.29) is 6.23 Å². The molecule has 0 radical (unpaired) electrons. The lowest BCUT2D eigenvalue weighted by Crippen LogP contribution is -2.16. The van der Waals surface area contributed by atoms with Gasteiger partial charge in [-0.25, -0.2) is 0 Å². The lowest BCUT2D eigenvalue weighted by molar-refractivity contribution is -0.0238. The Hall–Kier alpha value is -1.75. The van der Waals surface area contributed by atoms with Crippen LogP contribution in [0.25, 0.3) is 11.4 Å². The molecule has 108 valence electrons. The van der Waals surface area contributed by atoms with Gasteiger partial charge in [-0.05, 0) is 18.1 Å². The summed E-state index contributed by atoms with van der Waals surface area (Å²) in [6.07, 6.45) is 3.99. The molecule has 20 heavy (non-hydrogen) atoms. The SMILES string of the molecule is CCCCOC(CCC)n1nnc(-c2ccccc2)n1. The molecule has 1 atom stereocenters. The Morgan fingerprint density at radius 2 is 1.95 bits per heavy atom. The predicted octanol–water partition coefficient (Wildman–Crippen LogP) is 3.46. The fourth-order valence-corrected chi connectivity index (χ4v) is 1.93. The highest BCUT2D eigenvalue weighted by atomic mass is 16.5. The first kappa shape index (κ1) is 14.7. The monoisotopic (exact) mass is 274 g/mol. The standard InChI is InChI=1S/C15H22N4O/c1-3-5-12-20-14(9-4-2)19-17-15(16-18-19)13-10-7-6-8-11-13/h6-8,10-11,14H,3-5,9,12H2,1-2H3. The van der Waals surface area contributed by atoms with E-state index in [2.05, 4.69) is 29.3 Å². The van der Waals surface area contributed by atoms with Crippen molar-refractivity contribution in [2.45, 2.75) is 45.8 Å². The van der Waals surface area contributed by atoms with E-state index < -0.39 is 0 Å². The summed E-state index contributed by atoms with van der Waals surface area (Å²) in [6, 6.07) is 9.87. The van der Waals surface area contributed by atoms with Gasteiger partial charge in [-0.15, -0.1) is 15.0 Å². The van der Waals surface area contributed by atoms with Gasteiger partial charge >= 0.3 is 0 Å². The maximum Gasteiger partial charge on any atom is 0.205 e. The van der Waals surface area contributed by atoms with Crippen LogP contribution in [0.1, 0.15) is 45.8 Å². The number of nitrogens with zero attached hydrogens (tertiary/aromatic N) is 4. The Morgan fingerprint density at radius 1 is 1.15 bits per heavy atom. The van der Waals surface area contributed by atoms with E-state index in [4.69, 9.17) is 4.74 Å². The number of hydrogen-bond donors (Lipinski definition) is 0. The molecule has 0 N–H and O–H groups in total. The lowest BCUT2D eigenvalue weighted by atomic mass is 10.2. The van der Waals surface area contributed by atoms with Crippen molar-refractivity contribution in [3.8, 4) is 11.4 Å². The average Bonchev–Trinajstić information content (AvgIpc) is 2.97. The zero-order valence-electron chi connectivity index (χ0n) is 12.2. The predicted molar refractivity (Wildman–Crippen MR) is 78.1 cm³/mol. The van der Waals surface area contributed by atoms with Crippen molar-refractivity contribution in [3.05, 3.63) is 30.3 Å². The summed E-state index contributed by atoms with van der Waals surface area (Å²) in [5.41, 5.74) is 0.975. The molecule has 5 nitrogen and oxygen atoms in total. The van der Waals surface area contributed by atoms with E-state index >= 15 is 0 Å². The topological polar surface area (TPSA) is 52.8 Å². The first-order valence-electron chi connectivity index (χ1n) is 7.31. The van der Waals surface area contributed by atoms with Crippen LogP contribution in [0.2, 0.25) is 0 Å². The molecule has 0 saturated carbocycles. The summed E-state index contributed by atoms with van der Waals surface area (Å²) < 4.78 is 5.86. The number of rotatable bonds is 8. The lowest BCUT2D eigenvalue weighted by Gasteiger charge is -2.15. The quantitative estimate of drug-likeness (QED) is 0.692. The first-order valence-corrected chi connectivity index (χ1v) is 7.31. The van der Waals surface area contributed by atoms with Gasteiger partial charge in [-0.1, -0.05) is 57.0 Å². The minimum atomic E-state index is -0.114. The molecule has 0 spiro atoms. The van der Waals surface area contributed by atoms with Gasteiger partial charge < -0.3 is 4.74 Å². The van der Waals surface area contributed by atoms with Crippen LogP contribution in [0.3, 0.4) is 0 Å². The minimum absolute atomic E-state index is 0.114. The van der Waals surface area contributed by atoms with Crippen molar-refractivity contribution in [1.29, 1.82) is 0 Å². The van der Waals surface area contributed by atoms with Crippen LogP contribution >= 0.6 is 0 Å². The molecule has 0 aliphatic rings. The summed E-state index contributed by atoms with van der Waals surface area (Å²) in [7, 11) is 0. The largest absolute Gasteiger partial charge is 0.355 e. The molecule has 0 saturated heterocycles. The molecular formula is C15H22N4O. The maximum absolute atomic E-state index is 5.86. The second-order valence-corrected chi connectivity index (χ2v) is 4.77. The molecule has 0 bridgehead atoms. The van der Waals surface area contributed by atoms with Crippen LogP contribution in [0.5, 0.6) is 0 Å². The van der Waals surface area contributed by atoms with Crippen LogP contribution in [-0.2, 0) is 4.74 Å². The van der Waals surface area contributed by atoms with Crippen molar-refractivity contribution in [1.82, 2.24) is 20.2 Å². The minimum Gasteiger partial charge on any atom is -0.355 e. The van der Waals surface area contributed by atoms with E-state index in [1.807, 2.05) is 30.3 Å².